The first-order valence-electron chi connectivity index (χ1n) is 13.8. The van der Waals surface area contributed by atoms with Crippen molar-refractivity contribution in [3.05, 3.63) is 83.4 Å². The van der Waals surface area contributed by atoms with E-state index in [-0.39, 0.29) is 24.8 Å². The Bertz CT molecular complexity index is 1260. The Morgan fingerprint density at radius 2 is 1.38 bits per heavy atom. The van der Waals surface area contributed by atoms with Crippen molar-refractivity contribution in [2.24, 2.45) is 5.92 Å². The van der Waals surface area contributed by atoms with Crippen LogP contribution in [0.4, 0.5) is 30.7 Å². The molecule has 8 heteroatoms. The molecule has 0 N–H and O–H groups in total. The zero-order valence-corrected chi connectivity index (χ0v) is 22.6. The third kappa shape index (κ3) is 6.22. The van der Waals surface area contributed by atoms with Crippen molar-refractivity contribution in [3.8, 4) is 22.3 Å². The van der Waals surface area contributed by atoms with Crippen LogP contribution in [0, 0.1) is 29.2 Å². The summed E-state index contributed by atoms with van der Waals surface area (Å²) in [4.78, 5) is 0. The van der Waals surface area contributed by atoms with Gasteiger partial charge in [0.1, 0.15) is 0 Å². The minimum atomic E-state index is -4.97. The summed E-state index contributed by atoms with van der Waals surface area (Å²) in [6.07, 6.45) is -1.87. The number of rotatable bonds is 9. The Labute approximate surface area is 230 Å². The second-order valence-corrected chi connectivity index (χ2v) is 10.7. The molecule has 3 unspecified atom stereocenters. The second-order valence-electron chi connectivity index (χ2n) is 10.7. The molecule has 216 valence electrons. The van der Waals surface area contributed by atoms with E-state index in [0.717, 1.165) is 17.5 Å². The number of ether oxygens (including phenoxy) is 1. The number of unbranched alkanes of at least 4 members (excludes halogenated alkanes) is 2. The first-order chi connectivity index (χ1) is 19.0. The minimum Gasteiger partial charge on any atom is -0.285 e. The molecular weight excluding hydrogens is 533 g/mol. The monoisotopic (exact) mass is 566 g/mol. The fourth-order valence-electron chi connectivity index (χ4n) is 6.30. The van der Waals surface area contributed by atoms with Crippen molar-refractivity contribution in [2.75, 3.05) is 0 Å². The molecule has 1 aliphatic rings. The van der Waals surface area contributed by atoms with Crippen molar-refractivity contribution < 1.29 is 35.5 Å². The van der Waals surface area contributed by atoms with Gasteiger partial charge in [0.2, 0.25) is 0 Å². The van der Waals surface area contributed by atoms with Gasteiger partial charge in [0.15, 0.2) is 23.3 Å². The topological polar surface area (TPSA) is 9.23 Å². The summed E-state index contributed by atoms with van der Waals surface area (Å²) in [6, 6.07) is 15.1. The Morgan fingerprint density at radius 3 is 1.95 bits per heavy atom. The molecule has 1 fully saturated rings. The highest BCUT2D eigenvalue weighted by Crippen LogP contribution is 2.51. The predicted octanol–water partition coefficient (Wildman–Crippen LogP) is 10.7. The summed E-state index contributed by atoms with van der Waals surface area (Å²) in [7, 11) is 0. The largest absolute Gasteiger partial charge is 0.523 e. The third-order valence-corrected chi connectivity index (χ3v) is 8.20. The van der Waals surface area contributed by atoms with Crippen LogP contribution in [0.2, 0.25) is 0 Å². The Morgan fingerprint density at radius 1 is 0.800 bits per heavy atom. The van der Waals surface area contributed by atoms with Crippen LogP contribution in [0.25, 0.3) is 22.3 Å². The minimum absolute atomic E-state index is 0.0371. The summed E-state index contributed by atoms with van der Waals surface area (Å²) >= 11 is 0. The fourth-order valence-corrected chi connectivity index (χ4v) is 6.30. The number of halogens is 7. The summed E-state index contributed by atoms with van der Waals surface area (Å²) in [5.41, 5.74) is -1.92. The molecule has 1 nitrogen and oxygen atoms in total. The van der Waals surface area contributed by atoms with Gasteiger partial charge in [0, 0.05) is 5.56 Å². The fraction of sp³-hybridized carbons (Fsp3) is 0.438. The van der Waals surface area contributed by atoms with Gasteiger partial charge < -0.3 is 0 Å². The molecule has 1 aliphatic carbocycles. The molecule has 0 amide bonds. The van der Waals surface area contributed by atoms with E-state index in [2.05, 4.69) is 0 Å². The molecule has 3 aromatic carbocycles. The van der Waals surface area contributed by atoms with Gasteiger partial charge in [-0.25, -0.2) is 17.6 Å². The number of alkyl halides is 3. The van der Waals surface area contributed by atoms with Gasteiger partial charge in [0.25, 0.3) is 0 Å². The molecule has 0 heterocycles. The molecule has 4 rings (SSSR count). The van der Waals surface area contributed by atoms with Crippen LogP contribution in [0.1, 0.15) is 76.7 Å². The highest BCUT2D eigenvalue weighted by atomic mass is 19.4. The van der Waals surface area contributed by atoms with Crippen molar-refractivity contribution in [1.29, 1.82) is 0 Å². The Hall–Kier alpha value is -2.87. The lowest BCUT2D eigenvalue weighted by Gasteiger charge is -2.47. The van der Waals surface area contributed by atoms with Gasteiger partial charge in [-0.3, -0.25) is 4.74 Å². The number of hydrogen-bond acceptors (Lipinski definition) is 1. The van der Waals surface area contributed by atoms with Gasteiger partial charge in [-0.15, -0.1) is 13.2 Å². The van der Waals surface area contributed by atoms with E-state index >= 15 is 17.6 Å². The molecule has 3 atom stereocenters. The summed E-state index contributed by atoms with van der Waals surface area (Å²) in [5.74, 6) is -8.57. The average molecular weight is 567 g/mol. The van der Waals surface area contributed by atoms with E-state index in [9.17, 15) is 13.2 Å². The van der Waals surface area contributed by atoms with Gasteiger partial charge in [0.05, 0.1) is 11.2 Å². The molecule has 0 saturated heterocycles. The van der Waals surface area contributed by atoms with Gasteiger partial charge in [-0.2, -0.15) is 0 Å². The van der Waals surface area contributed by atoms with E-state index in [1.165, 1.54) is 19.1 Å². The van der Waals surface area contributed by atoms with Crippen LogP contribution in [0.15, 0.2) is 54.6 Å². The van der Waals surface area contributed by atoms with E-state index in [1.54, 1.807) is 12.1 Å². The van der Waals surface area contributed by atoms with Gasteiger partial charge in [-0.1, -0.05) is 101 Å². The van der Waals surface area contributed by atoms with Gasteiger partial charge >= 0.3 is 6.36 Å². The summed E-state index contributed by atoms with van der Waals surface area (Å²) in [5, 5.41) is 0. The van der Waals surface area contributed by atoms with Crippen LogP contribution in [0.5, 0.6) is 0 Å². The first kappa shape index (κ1) is 30.1. The van der Waals surface area contributed by atoms with Crippen LogP contribution in [-0.2, 0) is 4.74 Å². The predicted molar refractivity (Wildman–Crippen MR) is 142 cm³/mol. The average Bonchev–Trinajstić information content (AvgIpc) is 2.92. The van der Waals surface area contributed by atoms with Crippen molar-refractivity contribution in [2.45, 2.75) is 83.1 Å². The summed E-state index contributed by atoms with van der Waals surface area (Å²) in [6.45, 7) is 3.24. The molecule has 1 saturated carbocycles. The smallest absolute Gasteiger partial charge is 0.285 e. The maximum Gasteiger partial charge on any atom is 0.523 e. The summed E-state index contributed by atoms with van der Waals surface area (Å²) < 4.78 is 108. The Kier molecular flexibility index (Phi) is 9.28. The van der Waals surface area contributed by atoms with E-state index in [1.807, 2.05) is 37.3 Å². The quantitative estimate of drug-likeness (QED) is 0.142. The second kappa shape index (κ2) is 12.3. The molecule has 40 heavy (non-hydrogen) atoms. The molecule has 0 spiro atoms. The molecule has 0 aliphatic heterocycles. The van der Waals surface area contributed by atoms with Gasteiger partial charge in [-0.05, 0) is 47.8 Å². The van der Waals surface area contributed by atoms with Crippen molar-refractivity contribution in [3.63, 3.8) is 0 Å². The highest BCUT2D eigenvalue weighted by molar-refractivity contribution is 5.71. The van der Waals surface area contributed by atoms with Crippen molar-refractivity contribution >= 4 is 0 Å². The van der Waals surface area contributed by atoms with E-state index in [0.29, 0.717) is 25.7 Å². The van der Waals surface area contributed by atoms with Crippen LogP contribution >= 0.6 is 0 Å². The SMILES string of the molecule is CCCCCC1(OC(F)(F)F)CCCCC1C(C)c1c(F)c(F)c(-c2ccc(-c3ccccc3)cc2)c(F)c1F. The van der Waals surface area contributed by atoms with Crippen LogP contribution < -0.4 is 0 Å². The Balaban J connectivity index is 1.74. The van der Waals surface area contributed by atoms with Crippen LogP contribution in [-0.4, -0.2) is 12.0 Å². The standard InChI is InChI=1S/C32H33F7O/c1-3-4-9-18-31(40-32(37,38)39)19-10-8-13-24(31)20(2)25-27(33)29(35)26(30(36)28(25)34)23-16-14-22(15-17-23)21-11-6-5-7-12-21/h5-7,11-12,14-17,20,24H,3-4,8-10,13,18-19H2,1-2H3. The normalized spacial score (nSPS) is 20.5. The first-order valence-corrected chi connectivity index (χ1v) is 13.8. The van der Waals surface area contributed by atoms with Crippen LogP contribution in [0.3, 0.4) is 0 Å². The molecular formula is C32H33F7O. The maximum atomic E-state index is 15.6. The van der Waals surface area contributed by atoms with E-state index < -0.39 is 58.2 Å². The maximum absolute atomic E-state index is 15.6. The number of benzene rings is 3. The molecule has 0 bridgehead atoms. The van der Waals surface area contributed by atoms with E-state index in [4.69, 9.17) is 4.74 Å². The molecule has 3 aromatic rings. The van der Waals surface area contributed by atoms with Crippen molar-refractivity contribution in [1.82, 2.24) is 0 Å². The lowest BCUT2D eigenvalue weighted by atomic mass is 9.65. The third-order valence-electron chi connectivity index (χ3n) is 8.20. The molecule has 0 radical (unpaired) electrons. The lowest BCUT2D eigenvalue weighted by Crippen LogP contribution is -2.49. The molecule has 0 aromatic heterocycles. The number of hydrogen-bond donors (Lipinski definition) is 0. The lowest BCUT2D eigenvalue weighted by molar-refractivity contribution is -0.381. The zero-order valence-electron chi connectivity index (χ0n) is 22.6. The zero-order chi connectivity index (χ0) is 29.1. The highest BCUT2D eigenvalue weighted by Gasteiger charge is 2.51.